The highest BCUT2D eigenvalue weighted by Crippen LogP contribution is 2.31. The van der Waals surface area contributed by atoms with Crippen LogP contribution < -0.4 is 4.90 Å². The summed E-state index contributed by atoms with van der Waals surface area (Å²) in [5.41, 5.74) is 1.66. The lowest BCUT2D eigenvalue weighted by Gasteiger charge is -2.28. The lowest BCUT2D eigenvalue weighted by Crippen LogP contribution is -2.37. The Morgan fingerprint density at radius 3 is 2.75 bits per heavy atom. The fourth-order valence-electron chi connectivity index (χ4n) is 3.69. The van der Waals surface area contributed by atoms with Gasteiger partial charge in [0.25, 0.3) is 0 Å². The van der Waals surface area contributed by atoms with E-state index in [1.54, 1.807) is 12.1 Å². The molecule has 1 saturated heterocycles. The summed E-state index contributed by atoms with van der Waals surface area (Å²) in [6, 6.07) is 3.29. The number of aliphatic imine (C=N–C) groups is 2. The van der Waals surface area contributed by atoms with Crippen molar-refractivity contribution in [2.75, 3.05) is 44.9 Å². The third-order valence-electron chi connectivity index (χ3n) is 5.49. The molecule has 0 spiro atoms. The van der Waals surface area contributed by atoms with Gasteiger partial charge in [-0.05, 0) is 25.9 Å². The van der Waals surface area contributed by atoms with E-state index in [9.17, 15) is 14.7 Å². The number of carbonyl (C=O) groups excluding carboxylic acids is 1. The number of carboxylic acid groups (broad SMARTS) is 1. The molecule has 1 aliphatic heterocycles. The summed E-state index contributed by atoms with van der Waals surface area (Å²) in [6.45, 7) is 6.66. The van der Waals surface area contributed by atoms with Gasteiger partial charge in [-0.25, -0.2) is 19.7 Å². The number of hydrogen-bond donors (Lipinski definition) is 1. The fourth-order valence-corrected chi connectivity index (χ4v) is 4.47. The number of aromatic carboxylic acids is 1. The Bertz CT molecular complexity index is 1340. The average molecular weight is 511 g/mol. The van der Waals surface area contributed by atoms with Gasteiger partial charge in [-0.15, -0.1) is 11.3 Å². The van der Waals surface area contributed by atoms with Crippen LogP contribution in [0.5, 0.6) is 0 Å². The molecule has 1 fully saturated rings. The number of nitrogens with zero attached hydrogens (tertiary/aromatic N) is 8. The van der Waals surface area contributed by atoms with Gasteiger partial charge in [-0.2, -0.15) is 0 Å². The second kappa shape index (κ2) is 11.3. The summed E-state index contributed by atoms with van der Waals surface area (Å²) in [5.74, 6) is 0.938. The van der Waals surface area contributed by atoms with E-state index < -0.39 is 5.97 Å². The van der Waals surface area contributed by atoms with Gasteiger partial charge in [0, 0.05) is 32.6 Å². The highest BCUT2D eigenvalue weighted by molar-refractivity contribution is 7.17. The van der Waals surface area contributed by atoms with Gasteiger partial charge in [-0.1, -0.05) is 0 Å². The minimum Gasteiger partial charge on any atom is -0.477 e. The lowest BCUT2D eigenvalue weighted by molar-refractivity contribution is -0.104. The van der Waals surface area contributed by atoms with Crippen molar-refractivity contribution < 1.29 is 19.4 Å². The van der Waals surface area contributed by atoms with E-state index >= 15 is 0 Å². The maximum absolute atomic E-state index is 11.4. The number of aromatic nitrogens is 4. The van der Waals surface area contributed by atoms with E-state index in [4.69, 9.17) is 19.7 Å². The van der Waals surface area contributed by atoms with Crippen molar-refractivity contribution in [1.82, 2.24) is 24.4 Å². The largest absolute Gasteiger partial charge is 0.477 e. The Morgan fingerprint density at radius 1 is 1.31 bits per heavy atom. The molecule has 1 N–H and O–H groups in total. The Kier molecular flexibility index (Phi) is 7.93. The normalized spacial score (nSPS) is 14.8. The van der Waals surface area contributed by atoms with Gasteiger partial charge in [0.15, 0.2) is 29.1 Å². The number of thiophene rings is 1. The summed E-state index contributed by atoms with van der Waals surface area (Å²) in [4.78, 5) is 49.6. The molecular weight excluding hydrogens is 484 g/mol. The molecule has 4 heterocycles. The molecule has 188 valence electrons. The molecule has 3 aromatic heterocycles. The van der Waals surface area contributed by atoms with E-state index in [0.29, 0.717) is 79.1 Å². The van der Waals surface area contributed by atoms with Gasteiger partial charge in [0.05, 0.1) is 36.9 Å². The summed E-state index contributed by atoms with van der Waals surface area (Å²) in [7, 11) is 3.79. The first-order valence-corrected chi connectivity index (χ1v) is 11.9. The lowest BCUT2D eigenvalue weighted by atomic mass is 10.3. The molecule has 1 aliphatic rings. The van der Waals surface area contributed by atoms with Gasteiger partial charge < -0.3 is 19.3 Å². The highest BCUT2D eigenvalue weighted by Gasteiger charge is 2.23. The molecule has 4 rings (SSSR count). The SMILES string of the molecule is C=N/C=C(/C=O)C=NCN(C)Cc1nc2c(N3CCOCC3)nc(-c3ccc(C(=O)O)s3)nc2n1C. The van der Waals surface area contributed by atoms with Crippen LogP contribution in [-0.4, -0.2) is 94.7 Å². The fraction of sp³-hybridized carbons (Fsp3) is 0.348. The van der Waals surface area contributed by atoms with Crippen LogP contribution in [0, 0.1) is 0 Å². The predicted molar refractivity (Wildman–Crippen MR) is 138 cm³/mol. The first-order chi connectivity index (χ1) is 17.4. The molecular formula is C23H26N8O4S. The summed E-state index contributed by atoms with van der Waals surface area (Å²) < 4.78 is 7.42. The highest BCUT2D eigenvalue weighted by atomic mass is 32.1. The number of hydrogen-bond acceptors (Lipinski definition) is 11. The number of aldehydes is 1. The maximum atomic E-state index is 11.4. The van der Waals surface area contributed by atoms with Crippen LogP contribution in [0.25, 0.3) is 21.9 Å². The number of aryl methyl sites for hydroxylation is 1. The van der Waals surface area contributed by atoms with Crippen LogP contribution in [0.4, 0.5) is 5.82 Å². The van der Waals surface area contributed by atoms with Gasteiger partial charge in [0.2, 0.25) is 0 Å². The van der Waals surface area contributed by atoms with Crippen molar-refractivity contribution in [3.63, 3.8) is 0 Å². The molecule has 0 unspecified atom stereocenters. The van der Waals surface area contributed by atoms with Crippen LogP contribution in [0.3, 0.4) is 0 Å². The van der Waals surface area contributed by atoms with Gasteiger partial charge in [0.1, 0.15) is 10.7 Å². The molecule has 13 heteroatoms. The van der Waals surface area contributed by atoms with Crippen molar-refractivity contribution in [3.8, 4) is 10.7 Å². The third-order valence-corrected chi connectivity index (χ3v) is 6.56. The zero-order valence-electron chi connectivity index (χ0n) is 20.0. The van der Waals surface area contributed by atoms with E-state index in [1.165, 1.54) is 12.4 Å². The van der Waals surface area contributed by atoms with Crippen LogP contribution >= 0.6 is 11.3 Å². The standard InChI is InChI=1S/C23H26N8O4S/c1-24-10-15(13-32)11-25-14-29(2)12-18-26-19-21(30(18)3)27-20(16-4-5-17(36-16)23(33)34)28-22(19)31-6-8-35-9-7-31/h4-5,10-11,13H,1,6-9,12,14H2,2-3H3,(H,33,34)/b15-10+,25-11?. The number of rotatable bonds is 10. The molecule has 0 aromatic carbocycles. The Balaban J connectivity index is 1.67. The summed E-state index contributed by atoms with van der Waals surface area (Å²) in [6.07, 6.45) is 3.46. The molecule has 36 heavy (non-hydrogen) atoms. The topological polar surface area (TPSA) is 138 Å². The number of morpholine rings is 1. The summed E-state index contributed by atoms with van der Waals surface area (Å²) in [5, 5.41) is 9.33. The number of anilines is 1. The van der Waals surface area contributed by atoms with E-state index in [2.05, 4.69) is 21.6 Å². The number of ether oxygens (including phenoxy) is 1. The van der Waals surface area contributed by atoms with Crippen LogP contribution in [0.2, 0.25) is 0 Å². The second-order valence-corrected chi connectivity index (χ2v) is 9.18. The molecule has 0 saturated carbocycles. The maximum Gasteiger partial charge on any atom is 0.345 e. The van der Waals surface area contributed by atoms with E-state index in [1.807, 2.05) is 23.6 Å². The quantitative estimate of drug-likeness (QED) is 0.246. The molecule has 12 nitrogen and oxygen atoms in total. The Labute approximate surface area is 211 Å². The smallest absolute Gasteiger partial charge is 0.345 e. The van der Waals surface area contributed by atoms with Crippen molar-refractivity contribution in [2.45, 2.75) is 6.54 Å². The molecule has 0 bridgehead atoms. The monoisotopic (exact) mass is 510 g/mol. The average Bonchev–Trinajstić information content (AvgIpc) is 3.49. The van der Waals surface area contributed by atoms with Crippen LogP contribution in [0.15, 0.2) is 33.9 Å². The Morgan fingerprint density at radius 2 is 2.08 bits per heavy atom. The Hall–Kier alpha value is -3.81. The van der Waals surface area contributed by atoms with Crippen LogP contribution in [0.1, 0.15) is 15.5 Å². The first-order valence-electron chi connectivity index (χ1n) is 11.1. The number of imidazole rings is 1. The molecule has 0 atom stereocenters. The number of carbonyl (C=O) groups is 2. The zero-order valence-corrected chi connectivity index (χ0v) is 20.8. The van der Waals surface area contributed by atoms with Gasteiger partial charge in [-0.3, -0.25) is 19.7 Å². The second-order valence-electron chi connectivity index (χ2n) is 8.10. The van der Waals surface area contributed by atoms with Gasteiger partial charge >= 0.3 is 5.97 Å². The molecule has 0 amide bonds. The predicted octanol–water partition coefficient (Wildman–Crippen LogP) is 1.87. The minimum atomic E-state index is -0.981. The first kappa shape index (κ1) is 25.3. The van der Waals surface area contributed by atoms with E-state index in [0.717, 1.165) is 17.2 Å². The number of allylic oxidation sites excluding steroid dienone is 1. The van der Waals surface area contributed by atoms with Crippen molar-refractivity contribution in [1.29, 1.82) is 0 Å². The van der Waals surface area contributed by atoms with Crippen LogP contribution in [-0.2, 0) is 23.1 Å². The van der Waals surface area contributed by atoms with Crippen molar-refractivity contribution in [3.05, 3.63) is 34.6 Å². The van der Waals surface area contributed by atoms with E-state index in [-0.39, 0.29) is 4.88 Å². The minimum absolute atomic E-state index is 0.228. The summed E-state index contributed by atoms with van der Waals surface area (Å²) >= 11 is 1.14. The third kappa shape index (κ3) is 5.53. The van der Waals surface area contributed by atoms with Crippen molar-refractivity contribution in [2.24, 2.45) is 17.0 Å². The number of carboxylic acids is 1. The molecule has 0 radical (unpaired) electrons. The molecule has 0 aliphatic carbocycles. The number of fused-ring (bicyclic) bond motifs is 1. The van der Waals surface area contributed by atoms with Crippen molar-refractivity contribution >= 4 is 53.5 Å². The molecule has 3 aromatic rings. The zero-order chi connectivity index (χ0) is 25.7.